The molecule has 0 fully saturated rings. The maximum Gasteiger partial charge on any atom is 0.325 e. The van der Waals surface area contributed by atoms with Gasteiger partial charge in [-0.05, 0) is 12.1 Å². The summed E-state index contributed by atoms with van der Waals surface area (Å²) in [7, 11) is 1.25. The largest absolute Gasteiger partial charge is 0.468 e. The van der Waals surface area contributed by atoms with Crippen molar-refractivity contribution < 1.29 is 14.3 Å². The Morgan fingerprint density at radius 1 is 1.38 bits per heavy atom. The van der Waals surface area contributed by atoms with E-state index in [1.54, 1.807) is 24.3 Å². The molecule has 1 atom stereocenters. The first-order valence-corrected chi connectivity index (χ1v) is 5.14. The Morgan fingerprint density at radius 2 is 2.00 bits per heavy atom. The molecular formula is C11H12ClNO3. The van der Waals surface area contributed by atoms with Crippen molar-refractivity contribution >= 4 is 23.5 Å². The van der Waals surface area contributed by atoms with E-state index in [-0.39, 0.29) is 12.5 Å². The Hall–Kier alpha value is -1.55. The zero-order valence-electron chi connectivity index (χ0n) is 8.77. The number of rotatable bonds is 4. The van der Waals surface area contributed by atoms with E-state index in [4.69, 9.17) is 11.6 Å². The highest BCUT2D eigenvalue weighted by molar-refractivity contribution is 6.30. The number of carbonyl (C=O) groups excluding carboxylic acids is 2. The van der Waals surface area contributed by atoms with Crippen molar-refractivity contribution in [1.29, 1.82) is 0 Å². The van der Waals surface area contributed by atoms with Gasteiger partial charge >= 0.3 is 5.97 Å². The maximum atomic E-state index is 11.5. The van der Waals surface area contributed by atoms with Crippen LogP contribution in [0.25, 0.3) is 0 Å². The fourth-order valence-electron chi connectivity index (χ4n) is 1.09. The van der Waals surface area contributed by atoms with Gasteiger partial charge in [0, 0.05) is 12.1 Å². The molecule has 1 N–H and O–H groups in total. The summed E-state index contributed by atoms with van der Waals surface area (Å²) in [6, 6.07) is 8.68. The molecule has 0 aromatic heterocycles. The average molecular weight is 242 g/mol. The molecule has 0 bridgehead atoms. The average Bonchev–Trinajstić information content (AvgIpc) is 2.35. The number of nitrogens with one attached hydrogen (secondary N) is 1. The number of halogens is 1. The van der Waals surface area contributed by atoms with Crippen LogP contribution in [0, 0.1) is 0 Å². The van der Waals surface area contributed by atoms with E-state index >= 15 is 0 Å². The highest BCUT2D eigenvalue weighted by atomic mass is 35.5. The van der Waals surface area contributed by atoms with Crippen LogP contribution >= 0.6 is 11.6 Å². The topological polar surface area (TPSA) is 55.4 Å². The molecular weight excluding hydrogens is 230 g/mol. The highest BCUT2D eigenvalue weighted by Crippen LogP contribution is 2.00. The van der Waals surface area contributed by atoms with Gasteiger partial charge in [0.2, 0.25) is 0 Å². The van der Waals surface area contributed by atoms with Gasteiger partial charge in [0.05, 0.1) is 7.11 Å². The second-order valence-corrected chi connectivity index (χ2v) is 3.59. The molecule has 0 radical (unpaired) electrons. The summed E-state index contributed by atoms with van der Waals surface area (Å²) in [6.45, 7) is 0.0436. The fourth-order valence-corrected chi connectivity index (χ4v) is 1.25. The molecule has 1 amide bonds. The maximum absolute atomic E-state index is 11.5. The fraction of sp³-hybridized carbons (Fsp3) is 0.273. The third kappa shape index (κ3) is 3.55. The molecule has 16 heavy (non-hydrogen) atoms. The predicted octanol–water partition coefficient (Wildman–Crippen LogP) is 1.20. The summed E-state index contributed by atoms with van der Waals surface area (Å²) in [5.41, 5.74) is 0.524. The lowest BCUT2D eigenvalue weighted by Gasteiger charge is -2.08. The van der Waals surface area contributed by atoms with Crippen LogP contribution in [0.5, 0.6) is 0 Å². The first kappa shape index (κ1) is 12.5. The van der Waals surface area contributed by atoms with Crippen molar-refractivity contribution in [2.45, 2.75) is 5.38 Å². The quantitative estimate of drug-likeness (QED) is 0.637. The van der Waals surface area contributed by atoms with Crippen molar-refractivity contribution in [3.8, 4) is 0 Å². The summed E-state index contributed by atoms with van der Waals surface area (Å²) >= 11 is 5.67. The highest BCUT2D eigenvalue weighted by Gasteiger charge is 2.16. The van der Waals surface area contributed by atoms with Crippen molar-refractivity contribution in [3.63, 3.8) is 0 Å². The minimum atomic E-state index is -0.863. The first-order valence-electron chi connectivity index (χ1n) is 4.70. The standard InChI is InChI=1S/C11H12ClNO3/c1-16-11(15)9(12)7-13-10(14)8-5-3-2-4-6-8/h2-6,9H,7H2,1H3,(H,13,14). The molecule has 86 valence electrons. The van der Waals surface area contributed by atoms with Gasteiger partial charge in [0.15, 0.2) is 0 Å². The van der Waals surface area contributed by atoms with E-state index in [2.05, 4.69) is 10.1 Å². The van der Waals surface area contributed by atoms with Gasteiger partial charge in [-0.3, -0.25) is 9.59 Å². The molecule has 0 aliphatic carbocycles. The van der Waals surface area contributed by atoms with Crippen LogP contribution in [0.1, 0.15) is 10.4 Å². The van der Waals surface area contributed by atoms with Crippen LogP contribution in [0.3, 0.4) is 0 Å². The molecule has 1 rings (SSSR count). The third-order valence-corrected chi connectivity index (χ3v) is 2.27. The molecule has 1 unspecified atom stereocenters. The Labute approximate surface area is 98.5 Å². The van der Waals surface area contributed by atoms with Crippen LogP contribution in [0.2, 0.25) is 0 Å². The second kappa shape index (κ2) is 6.12. The molecule has 1 aromatic rings. The molecule has 0 saturated carbocycles. The summed E-state index contributed by atoms with van der Waals surface area (Å²) in [6.07, 6.45) is 0. The molecule has 4 nitrogen and oxygen atoms in total. The zero-order valence-corrected chi connectivity index (χ0v) is 9.53. The van der Waals surface area contributed by atoms with Crippen LogP contribution < -0.4 is 5.32 Å². The van der Waals surface area contributed by atoms with Gasteiger partial charge in [-0.1, -0.05) is 18.2 Å². The predicted molar refractivity (Wildman–Crippen MR) is 60.4 cm³/mol. The van der Waals surface area contributed by atoms with Crippen LogP contribution in [-0.4, -0.2) is 30.9 Å². The number of hydrogen-bond donors (Lipinski definition) is 1. The van der Waals surface area contributed by atoms with Crippen LogP contribution in [-0.2, 0) is 9.53 Å². The van der Waals surface area contributed by atoms with E-state index in [1.165, 1.54) is 7.11 Å². The third-order valence-electron chi connectivity index (χ3n) is 1.93. The zero-order chi connectivity index (χ0) is 12.0. The molecule has 1 aromatic carbocycles. The number of carbonyl (C=O) groups is 2. The molecule has 0 aliphatic rings. The first-order chi connectivity index (χ1) is 7.65. The number of alkyl halides is 1. The number of amides is 1. The monoisotopic (exact) mass is 241 g/mol. The van der Waals surface area contributed by atoms with Gasteiger partial charge in [0.1, 0.15) is 5.38 Å². The van der Waals surface area contributed by atoms with Crippen LogP contribution in [0.15, 0.2) is 30.3 Å². The SMILES string of the molecule is COC(=O)C(Cl)CNC(=O)c1ccccc1. The van der Waals surface area contributed by atoms with Gasteiger partial charge in [-0.25, -0.2) is 0 Å². The van der Waals surface area contributed by atoms with Gasteiger partial charge in [-0.15, -0.1) is 11.6 Å². The molecule has 5 heteroatoms. The molecule has 0 spiro atoms. The Morgan fingerprint density at radius 3 is 2.56 bits per heavy atom. The minimum Gasteiger partial charge on any atom is -0.468 e. The number of ether oxygens (including phenoxy) is 1. The smallest absolute Gasteiger partial charge is 0.325 e. The Bertz CT molecular complexity index is 367. The van der Waals surface area contributed by atoms with Gasteiger partial charge in [-0.2, -0.15) is 0 Å². The lowest BCUT2D eigenvalue weighted by molar-refractivity contribution is -0.140. The lowest BCUT2D eigenvalue weighted by atomic mass is 10.2. The summed E-state index contributed by atoms with van der Waals surface area (Å²) in [5.74, 6) is -0.829. The molecule has 0 saturated heterocycles. The van der Waals surface area contributed by atoms with Crippen LogP contribution in [0.4, 0.5) is 0 Å². The second-order valence-electron chi connectivity index (χ2n) is 3.07. The summed E-state index contributed by atoms with van der Waals surface area (Å²) in [4.78, 5) is 22.5. The van der Waals surface area contributed by atoms with Crippen molar-refractivity contribution in [1.82, 2.24) is 5.32 Å². The van der Waals surface area contributed by atoms with Crippen molar-refractivity contribution in [2.24, 2.45) is 0 Å². The van der Waals surface area contributed by atoms with E-state index in [0.717, 1.165) is 0 Å². The van der Waals surface area contributed by atoms with Gasteiger partial charge < -0.3 is 10.1 Å². The summed E-state index contributed by atoms with van der Waals surface area (Å²) in [5, 5.41) is 1.68. The van der Waals surface area contributed by atoms with Gasteiger partial charge in [0.25, 0.3) is 5.91 Å². The van der Waals surface area contributed by atoms with E-state index in [0.29, 0.717) is 5.56 Å². The lowest BCUT2D eigenvalue weighted by Crippen LogP contribution is -2.34. The molecule has 0 aliphatic heterocycles. The van der Waals surface area contributed by atoms with E-state index in [9.17, 15) is 9.59 Å². The number of hydrogen-bond acceptors (Lipinski definition) is 3. The number of esters is 1. The minimum absolute atomic E-state index is 0.0436. The van der Waals surface area contributed by atoms with E-state index < -0.39 is 11.3 Å². The van der Waals surface area contributed by atoms with Crippen molar-refractivity contribution in [3.05, 3.63) is 35.9 Å². The Kier molecular flexibility index (Phi) is 4.79. The summed E-state index contributed by atoms with van der Waals surface area (Å²) < 4.78 is 4.43. The number of methoxy groups -OCH3 is 1. The number of benzene rings is 1. The Balaban J connectivity index is 2.45. The van der Waals surface area contributed by atoms with Crippen molar-refractivity contribution in [2.75, 3.05) is 13.7 Å². The normalized spacial score (nSPS) is 11.6. The van der Waals surface area contributed by atoms with E-state index in [1.807, 2.05) is 6.07 Å². The molecule has 0 heterocycles.